The maximum absolute atomic E-state index is 5.75. The van der Waals surface area contributed by atoms with Crippen LogP contribution in [0.2, 0.25) is 0 Å². The maximum Gasteiger partial charge on any atom is 0.120 e. The third-order valence-corrected chi connectivity index (χ3v) is 3.34. The van der Waals surface area contributed by atoms with Crippen LogP contribution in [0, 0.1) is 5.92 Å². The zero-order chi connectivity index (χ0) is 15.1. The highest BCUT2D eigenvalue weighted by Gasteiger charge is 2.17. The van der Waals surface area contributed by atoms with Crippen molar-refractivity contribution in [2.75, 3.05) is 13.7 Å². The first kappa shape index (κ1) is 17.0. The Labute approximate surface area is 123 Å². The number of rotatable bonds is 8. The number of benzene rings is 1. The van der Waals surface area contributed by atoms with Crippen LogP contribution in [0.1, 0.15) is 46.2 Å². The van der Waals surface area contributed by atoms with Crippen LogP contribution in [-0.2, 0) is 4.74 Å². The Kier molecular flexibility index (Phi) is 7.03. The van der Waals surface area contributed by atoms with Gasteiger partial charge in [0.2, 0.25) is 0 Å². The number of hydrogen-bond acceptors (Lipinski definition) is 3. The molecule has 3 heteroatoms. The molecule has 2 unspecified atom stereocenters. The monoisotopic (exact) mass is 279 g/mol. The van der Waals surface area contributed by atoms with Crippen LogP contribution < -0.4 is 10.1 Å². The van der Waals surface area contributed by atoms with Crippen molar-refractivity contribution in [1.29, 1.82) is 0 Å². The summed E-state index contributed by atoms with van der Waals surface area (Å²) in [6, 6.07) is 8.92. The van der Waals surface area contributed by atoms with Gasteiger partial charge in [-0.25, -0.2) is 0 Å². The van der Waals surface area contributed by atoms with E-state index in [1.807, 2.05) is 26.0 Å². The summed E-state index contributed by atoms with van der Waals surface area (Å²) in [6.07, 6.45) is 0.199. The highest BCUT2D eigenvalue weighted by molar-refractivity contribution is 5.30. The van der Waals surface area contributed by atoms with E-state index in [-0.39, 0.29) is 12.1 Å². The lowest BCUT2D eigenvalue weighted by atomic mass is 10.0. The molecule has 1 aromatic carbocycles. The zero-order valence-corrected chi connectivity index (χ0v) is 13.6. The minimum absolute atomic E-state index is 0.199. The van der Waals surface area contributed by atoms with Gasteiger partial charge >= 0.3 is 0 Å². The lowest BCUT2D eigenvalue weighted by Crippen LogP contribution is -2.39. The molecule has 0 aromatic heterocycles. The number of nitrogens with one attached hydrogen (secondary N) is 1. The van der Waals surface area contributed by atoms with Crippen LogP contribution in [0.25, 0.3) is 0 Å². The summed E-state index contributed by atoms with van der Waals surface area (Å²) in [5.74, 6) is 1.46. The van der Waals surface area contributed by atoms with Crippen LogP contribution >= 0.6 is 0 Å². The molecule has 0 amide bonds. The fourth-order valence-electron chi connectivity index (χ4n) is 2.16. The summed E-state index contributed by atoms with van der Waals surface area (Å²) in [6.45, 7) is 11.4. The Balaban J connectivity index is 2.73. The van der Waals surface area contributed by atoms with Gasteiger partial charge in [-0.3, -0.25) is 0 Å². The van der Waals surface area contributed by atoms with E-state index in [0.29, 0.717) is 12.0 Å². The molecule has 0 radical (unpaired) electrons. The molecule has 0 fully saturated rings. The van der Waals surface area contributed by atoms with Crippen LogP contribution in [0.5, 0.6) is 5.75 Å². The number of hydrogen-bond donors (Lipinski definition) is 1. The first-order valence-corrected chi connectivity index (χ1v) is 7.45. The average Bonchev–Trinajstić information content (AvgIpc) is 2.37. The van der Waals surface area contributed by atoms with E-state index in [4.69, 9.17) is 9.47 Å². The smallest absolute Gasteiger partial charge is 0.120 e. The van der Waals surface area contributed by atoms with E-state index in [9.17, 15) is 0 Å². The topological polar surface area (TPSA) is 30.5 Å². The van der Waals surface area contributed by atoms with Gasteiger partial charge in [0, 0.05) is 19.2 Å². The van der Waals surface area contributed by atoms with Crippen molar-refractivity contribution >= 4 is 0 Å². The lowest BCUT2D eigenvalue weighted by Gasteiger charge is -2.26. The zero-order valence-electron chi connectivity index (χ0n) is 13.6. The van der Waals surface area contributed by atoms with Crippen molar-refractivity contribution in [3.8, 4) is 5.75 Å². The van der Waals surface area contributed by atoms with Gasteiger partial charge in [0.05, 0.1) is 12.7 Å². The van der Waals surface area contributed by atoms with Gasteiger partial charge in [0.25, 0.3) is 0 Å². The van der Waals surface area contributed by atoms with E-state index in [2.05, 4.69) is 38.2 Å². The lowest BCUT2D eigenvalue weighted by molar-refractivity contribution is 0.141. The van der Waals surface area contributed by atoms with Gasteiger partial charge in [-0.05, 0) is 44.4 Å². The molecule has 0 bridgehead atoms. The van der Waals surface area contributed by atoms with E-state index >= 15 is 0 Å². The predicted molar refractivity (Wildman–Crippen MR) is 84.3 cm³/mol. The Morgan fingerprint density at radius 3 is 2.35 bits per heavy atom. The Bertz CT molecular complexity index is 390. The minimum atomic E-state index is 0.199. The molecular weight excluding hydrogens is 250 g/mol. The Morgan fingerprint density at radius 1 is 1.10 bits per heavy atom. The Morgan fingerprint density at radius 2 is 1.80 bits per heavy atom. The second kappa shape index (κ2) is 8.28. The SMILES string of the molecule is COCC(NC(C)c1cccc(OC(C)C)c1)C(C)C. The van der Waals surface area contributed by atoms with E-state index in [1.54, 1.807) is 7.11 Å². The molecule has 0 aliphatic heterocycles. The molecule has 0 spiro atoms. The highest BCUT2D eigenvalue weighted by atomic mass is 16.5. The number of methoxy groups -OCH3 is 1. The summed E-state index contributed by atoms with van der Waals surface area (Å²) in [7, 11) is 1.75. The first-order chi connectivity index (χ1) is 9.43. The molecular formula is C17H29NO2. The van der Waals surface area contributed by atoms with Gasteiger partial charge < -0.3 is 14.8 Å². The van der Waals surface area contributed by atoms with Crippen LogP contribution in [-0.4, -0.2) is 25.9 Å². The standard InChI is InChI=1S/C17H29NO2/c1-12(2)17(11-19-6)18-14(5)15-8-7-9-16(10-15)20-13(3)4/h7-10,12-14,17-18H,11H2,1-6H3. The van der Waals surface area contributed by atoms with E-state index in [0.717, 1.165) is 12.4 Å². The second-order valence-electron chi connectivity index (χ2n) is 5.93. The summed E-state index contributed by atoms with van der Waals surface area (Å²) in [4.78, 5) is 0. The minimum Gasteiger partial charge on any atom is -0.491 e. The fraction of sp³-hybridized carbons (Fsp3) is 0.647. The maximum atomic E-state index is 5.75. The number of ether oxygens (including phenoxy) is 2. The molecule has 114 valence electrons. The third kappa shape index (κ3) is 5.51. The molecule has 0 aliphatic rings. The molecule has 2 atom stereocenters. The van der Waals surface area contributed by atoms with Gasteiger partial charge in [0.1, 0.15) is 5.75 Å². The van der Waals surface area contributed by atoms with Gasteiger partial charge in [-0.2, -0.15) is 0 Å². The molecule has 20 heavy (non-hydrogen) atoms. The van der Waals surface area contributed by atoms with Crippen molar-refractivity contribution in [2.45, 2.75) is 52.8 Å². The third-order valence-electron chi connectivity index (χ3n) is 3.34. The molecule has 0 aliphatic carbocycles. The van der Waals surface area contributed by atoms with Crippen molar-refractivity contribution in [3.63, 3.8) is 0 Å². The molecule has 0 saturated heterocycles. The van der Waals surface area contributed by atoms with Crippen molar-refractivity contribution in [3.05, 3.63) is 29.8 Å². The van der Waals surface area contributed by atoms with Crippen molar-refractivity contribution in [2.24, 2.45) is 5.92 Å². The Hall–Kier alpha value is -1.06. The molecule has 3 nitrogen and oxygen atoms in total. The van der Waals surface area contributed by atoms with Crippen LogP contribution in [0.4, 0.5) is 0 Å². The van der Waals surface area contributed by atoms with Crippen molar-refractivity contribution in [1.82, 2.24) is 5.32 Å². The molecule has 1 rings (SSSR count). The van der Waals surface area contributed by atoms with Crippen molar-refractivity contribution < 1.29 is 9.47 Å². The first-order valence-electron chi connectivity index (χ1n) is 7.45. The quantitative estimate of drug-likeness (QED) is 0.785. The molecule has 0 heterocycles. The van der Waals surface area contributed by atoms with E-state index < -0.39 is 0 Å². The largest absolute Gasteiger partial charge is 0.491 e. The molecule has 1 aromatic rings. The molecule has 1 N–H and O–H groups in total. The van der Waals surface area contributed by atoms with E-state index in [1.165, 1.54) is 5.56 Å². The second-order valence-corrected chi connectivity index (χ2v) is 5.93. The van der Waals surface area contributed by atoms with Crippen LogP contribution in [0.15, 0.2) is 24.3 Å². The average molecular weight is 279 g/mol. The summed E-state index contributed by atoms with van der Waals surface area (Å²) < 4.78 is 11.0. The van der Waals surface area contributed by atoms with Crippen LogP contribution in [0.3, 0.4) is 0 Å². The predicted octanol–water partition coefficient (Wildman–Crippen LogP) is 3.80. The fourth-order valence-corrected chi connectivity index (χ4v) is 2.16. The summed E-state index contributed by atoms with van der Waals surface area (Å²) in [5.41, 5.74) is 1.24. The highest BCUT2D eigenvalue weighted by Crippen LogP contribution is 2.21. The molecule has 0 saturated carbocycles. The summed E-state index contributed by atoms with van der Waals surface area (Å²) >= 11 is 0. The van der Waals surface area contributed by atoms with Gasteiger partial charge in [0.15, 0.2) is 0 Å². The van der Waals surface area contributed by atoms with Gasteiger partial charge in [-0.1, -0.05) is 26.0 Å². The summed E-state index contributed by atoms with van der Waals surface area (Å²) in [5, 5.41) is 3.63. The normalized spacial score (nSPS) is 14.6. The van der Waals surface area contributed by atoms with Gasteiger partial charge in [-0.15, -0.1) is 0 Å².